The highest BCUT2D eigenvalue weighted by Gasteiger charge is 2.51. The Morgan fingerprint density at radius 2 is 2.17 bits per heavy atom. The zero-order valence-electron chi connectivity index (χ0n) is 8.04. The predicted octanol–water partition coefficient (Wildman–Crippen LogP) is 1.79. The van der Waals surface area contributed by atoms with E-state index in [1.54, 1.807) is 0 Å². The summed E-state index contributed by atoms with van der Waals surface area (Å²) in [6, 6.07) is 3.10. The maximum absolute atomic E-state index is 8.55. The van der Waals surface area contributed by atoms with Crippen molar-refractivity contribution >= 4 is 0 Å². The molecule has 0 aliphatic carbocycles. The van der Waals surface area contributed by atoms with Gasteiger partial charge in [-0.15, -0.1) is 6.58 Å². The summed E-state index contributed by atoms with van der Waals surface area (Å²) in [5.74, 6) is 0. The summed E-state index contributed by atoms with van der Waals surface area (Å²) in [4.78, 5) is 2.17. The molecule has 2 heteroatoms. The van der Waals surface area contributed by atoms with E-state index in [0.717, 1.165) is 0 Å². The largest absolute Gasteiger partial charge is 0.277 e. The fraction of sp³-hybridized carbons (Fsp3) is 0.700. The molecule has 0 bridgehead atoms. The number of nitrogens with zero attached hydrogens (tertiary/aromatic N) is 2. The van der Waals surface area contributed by atoms with E-state index in [4.69, 9.17) is 5.26 Å². The molecule has 1 rings (SSSR count). The number of nitriles is 1. The normalized spacial score (nSPS) is 34.0. The monoisotopic (exact) mass is 164 g/mol. The lowest BCUT2D eigenvalue weighted by atomic mass is 9.90. The van der Waals surface area contributed by atoms with E-state index in [-0.39, 0.29) is 5.41 Å². The summed E-state index contributed by atoms with van der Waals surface area (Å²) in [7, 11) is 0. The fourth-order valence-electron chi connectivity index (χ4n) is 1.86. The van der Waals surface area contributed by atoms with Crippen molar-refractivity contribution in [3.8, 4) is 6.07 Å². The molecule has 12 heavy (non-hydrogen) atoms. The molecule has 1 fully saturated rings. The van der Waals surface area contributed by atoms with E-state index in [0.29, 0.717) is 18.6 Å². The average Bonchev–Trinajstić information content (AvgIpc) is 2.61. The third kappa shape index (κ3) is 1.51. The Morgan fingerprint density at radius 1 is 1.58 bits per heavy atom. The molecule has 0 aromatic heterocycles. The van der Waals surface area contributed by atoms with Gasteiger partial charge in [0.2, 0.25) is 0 Å². The van der Waals surface area contributed by atoms with Gasteiger partial charge in [0.25, 0.3) is 0 Å². The summed E-state index contributed by atoms with van der Waals surface area (Å²) in [5, 5.41) is 8.55. The Balaban J connectivity index is 2.60. The van der Waals surface area contributed by atoms with Crippen molar-refractivity contribution in [1.82, 2.24) is 4.90 Å². The van der Waals surface area contributed by atoms with Crippen molar-refractivity contribution in [3.63, 3.8) is 0 Å². The third-order valence-electron chi connectivity index (χ3n) is 2.36. The van der Waals surface area contributed by atoms with Crippen LogP contribution in [0.4, 0.5) is 0 Å². The molecular weight excluding hydrogens is 148 g/mol. The van der Waals surface area contributed by atoms with Crippen molar-refractivity contribution in [3.05, 3.63) is 12.7 Å². The minimum atomic E-state index is 0.260. The Kier molecular flexibility index (Phi) is 2.25. The molecule has 66 valence electrons. The standard InChI is InChI=1S/C10H16N2/c1-5-8-9(10(2,3)4)12(8)7-6-11/h5,8-9H,1,7H2,2-4H3/t8-,9+,12?/m1/s1. The summed E-state index contributed by atoms with van der Waals surface area (Å²) in [6.07, 6.45) is 1.94. The molecule has 3 atom stereocenters. The van der Waals surface area contributed by atoms with Gasteiger partial charge in [0.05, 0.1) is 12.6 Å². The van der Waals surface area contributed by atoms with Gasteiger partial charge in [-0.2, -0.15) is 5.26 Å². The van der Waals surface area contributed by atoms with E-state index in [1.807, 2.05) is 6.08 Å². The lowest BCUT2D eigenvalue weighted by molar-refractivity contribution is 0.341. The van der Waals surface area contributed by atoms with E-state index < -0.39 is 0 Å². The van der Waals surface area contributed by atoms with Crippen LogP contribution in [-0.2, 0) is 0 Å². The molecule has 2 nitrogen and oxygen atoms in total. The molecule has 1 saturated heterocycles. The molecule has 0 spiro atoms. The highest BCUT2D eigenvalue weighted by molar-refractivity contribution is 5.17. The van der Waals surface area contributed by atoms with Crippen LogP contribution in [0.15, 0.2) is 12.7 Å². The summed E-state index contributed by atoms with van der Waals surface area (Å²) < 4.78 is 0. The van der Waals surface area contributed by atoms with Gasteiger partial charge in [0.1, 0.15) is 0 Å². The van der Waals surface area contributed by atoms with Crippen molar-refractivity contribution in [1.29, 1.82) is 5.26 Å². The number of hydrogen-bond donors (Lipinski definition) is 0. The first-order chi connectivity index (χ1) is 5.52. The molecule has 0 N–H and O–H groups in total. The molecule has 0 amide bonds. The van der Waals surface area contributed by atoms with Gasteiger partial charge in [-0.1, -0.05) is 26.8 Å². The third-order valence-corrected chi connectivity index (χ3v) is 2.36. The molecular formula is C10H16N2. The quantitative estimate of drug-likeness (QED) is 0.353. The first-order valence-corrected chi connectivity index (χ1v) is 4.27. The Bertz CT molecular complexity index is 219. The number of rotatable bonds is 2. The molecule has 0 saturated carbocycles. The second-order valence-corrected chi connectivity index (χ2v) is 4.37. The van der Waals surface area contributed by atoms with Gasteiger partial charge >= 0.3 is 0 Å². The van der Waals surface area contributed by atoms with Crippen molar-refractivity contribution in [2.45, 2.75) is 32.9 Å². The molecule has 1 aliphatic rings. The molecule has 0 aromatic rings. The lowest BCUT2D eigenvalue weighted by Gasteiger charge is -2.17. The SMILES string of the molecule is C=C[C@@H]1[C@@H](C(C)(C)C)N1CC#N. The van der Waals surface area contributed by atoms with Crippen LogP contribution in [0.5, 0.6) is 0 Å². The Morgan fingerprint density at radius 3 is 2.42 bits per heavy atom. The van der Waals surface area contributed by atoms with Gasteiger partial charge in [0, 0.05) is 12.1 Å². The zero-order valence-corrected chi connectivity index (χ0v) is 8.04. The minimum absolute atomic E-state index is 0.260. The van der Waals surface area contributed by atoms with E-state index >= 15 is 0 Å². The van der Waals surface area contributed by atoms with Crippen LogP contribution in [0.3, 0.4) is 0 Å². The van der Waals surface area contributed by atoms with E-state index in [9.17, 15) is 0 Å². The van der Waals surface area contributed by atoms with Gasteiger partial charge in [-0.25, -0.2) is 0 Å². The Hall–Kier alpha value is -0.810. The summed E-state index contributed by atoms with van der Waals surface area (Å²) in [6.45, 7) is 10.9. The zero-order chi connectivity index (χ0) is 9.35. The smallest absolute Gasteiger partial charge is 0.0874 e. The van der Waals surface area contributed by atoms with E-state index in [1.165, 1.54) is 0 Å². The van der Waals surface area contributed by atoms with Gasteiger partial charge < -0.3 is 0 Å². The van der Waals surface area contributed by atoms with Gasteiger partial charge in [-0.05, 0) is 5.41 Å². The van der Waals surface area contributed by atoms with E-state index in [2.05, 4.69) is 38.3 Å². The average molecular weight is 164 g/mol. The van der Waals surface area contributed by atoms with Crippen LogP contribution >= 0.6 is 0 Å². The summed E-state index contributed by atoms with van der Waals surface area (Å²) in [5.41, 5.74) is 0.260. The molecule has 1 heterocycles. The second kappa shape index (κ2) is 2.91. The van der Waals surface area contributed by atoms with Crippen LogP contribution in [0.1, 0.15) is 20.8 Å². The van der Waals surface area contributed by atoms with Gasteiger partial charge in [0.15, 0.2) is 0 Å². The van der Waals surface area contributed by atoms with Crippen molar-refractivity contribution in [2.24, 2.45) is 5.41 Å². The molecule has 1 unspecified atom stereocenters. The minimum Gasteiger partial charge on any atom is -0.277 e. The maximum atomic E-state index is 8.55. The van der Waals surface area contributed by atoms with Crippen LogP contribution < -0.4 is 0 Å². The Labute approximate surface area is 74.5 Å². The van der Waals surface area contributed by atoms with Crippen LogP contribution in [0.25, 0.3) is 0 Å². The number of hydrogen-bond acceptors (Lipinski definition) is 2. The molecule has 0 aromatic carbocycles. The second-order valence-electron chi connectivity index (χ2n) is 4.37. The van der Waals surface area contributed by atoms with Crippen molar-refractivity contribution in [2.75, 3.05) is 6.54 Å². The maximum Gasteiger partial charge on any atom is 0.0874 e. The van der Waals surface area contributed by atoms with Crippen LogP contribution in [0, 0.1) is 16.7 Å². The van der Waals surface area contributed by atoms with Crippen molar-refractivity contribution < 1.29 is 0 Å². The highest BCUT2D eigenvalue weighted by Crippen LogP contribution is 2.41. The topological polar surface area (TPSA) is 26.8 Å². The van der Waals surface area contributed by atoms with Crippen LogP contribution in [0.2, 0.25) is 0 Å². The highest BCUT2D eigenvalue weighted by atomic mass is 15.4. The van der Waals surface area contributed by atoms with Crippen LogP contribution in [-0.4, -0.2) is 23.5 Å². The summed E-state index contributed by atoms with van der Waals surface area (Å²) >= 11 is 0. The molecule has 1 aliphatic heterocycles. The fourth-order valence-corrected chi connectivity index (χ4v) is 1.86. The lowest BCUT2D eigenvalue weighted by Crippen LogP contribution is -2.19. The first-order valence-electron chi connectivity index (χ1n) is 4.27. The first kappa shape index (κ1) is 9.28. The van der Waals surface area contributed by atoms with Gasteiger partial charge in [-0.3, -0.25) is 4.90 Å². The predicted molar refractivity (Wildman–Crippen MR) is 49.5 cm³/mol. The molecule has 0 radical (unpaired) electrons.